The molecule has 2 saturated carbocycles. The van der Waals surface area contributed by atoms with Crippen LogP contribution in [0.15, 0.2) is 0 Å². The van der Waals surface area contributed by atoms with Crippen LogP contribution in [0.2, 0.25) is 0 Å². The molecule has 5 heteroatoms. The Labute approximate surface area is 85.9 Å². The molecule has 3 unspecified atom stereocenters. The van der Waals surface area contributed by atoms with Gasteiger partial charge in [-0.05, 0) is 31.1 Å². The second-order valence-corrected chi connectivity index (χ2v) is 4.79. The van der Waals surface area contributed by atoms with E-state index in [1.807, 2.05) is 0 Å². The summed E-state index contributed by atoms with van der Waals surface area (Å²) in [7, 11) is 0. The molecule has 0 aromatic rings. The van der Waals surface area contributed by atoms with Crippen LogP contribution in [0.4, 0.5) is 0 Å². The van der Waals surface area contributed by atoms with Crippen molar-refractivity contribution in [2.24, 2.45) is 17.3 Å². The first-order valence-electron chi connectivity index (χ1n) is 4.59. The highest BCUT2D eigenvalue weighted by atomic mass is 35.5. The van der Waals surface area contributed by atoms with Gasteiger partial charge in [0.15, 0.2) is 5.41 Å². The van der Waals surface area contributed by atoms with Crippen LogP contribution >= 0.6 is 11.6 Å². The summed E-state index contributed by atoms with van der Waals surface area (Å²) in [4.78, 5) is 22.1. The molecule has 0 aromatic heterocycles. The van der Waals surface area contributed by atoms with E-state index in [1.165, 1.54) is 0 Å². The second kappa shape index (κ2) is 2.86. The van der Waals surface area contributed by atoms with Crippen molar-refractivity contribution in [3.05, 3.63) is 0 Å². The lowest BCUT2D eigenvalue weighted by atomic mass is 9.73. The third-order valence-electron chi connectivity index (χ3n) is 3.65. The van der Waals surface area contributed by atoms with Crippen molar-refractivity contribution < 1.29 is 19.8 Å². The van der Waals surface area contributed by atoms with Gasteiger partial charge in [0.25, 0.3) is 0 Å². The fourth-order valence-electron chi connectivity index (χ4n) is 2.88. The van der Waals surface area contributed by atoms with E-state index in [2.05, 4.69) is 0 Å². The molecule has 2 N–H and O–H groups in total. The van der Waals surface area contributed by atoms with E-state index < -0.39 is 17.4 Å². The number of halogens is 1. The van der Waals surface area contributed by atoms with Gasteiger partial charge in [0.05, 0.1) is 0 Å². The Morgan fingerprint density at radius 2 is 1.79 bits per heavy atom. The number of rotatable bonds is 2. The van der Waals surface area contributed by atoms with E-state index in [9.17, 15) is 9.59 Å². The average molecular weight is 219 g/mol. The lowest BCUT2D eigenvalue weighted by Gasteiger charge is -2.30. The van der Waals surface area contributed by atoms with E-state index in [1.54, 1.807) is 0 Å². The largest absolute Gasteiger partial charge is 0.480 e. The topological polar surface area (TPSA) is 74.6 Å². The summed E-state index contributed by atoms with van der Waals surface area (Å²) in [6, 6.07) is 0. The summed E-state index contributed by atoms with van der Waals surface area (Å²) < 4.78 is 0. The summed E-state index contributed by atoms with van der Waals surface area (Å²) >= 11 is 5.96. The number of hydrogen-bond acceptors (Lipinski definition) is 2. The molecule has 2 rings (SSSR count). The van der Waals surface area contributed by atoms with Crippen molar-refractivity contribution in [1.29, 1.82) is 0 Å². The van der Waals surface area contributed by atoms with Crippen molar-refractivity contribution in [2.45, 2.75) is 24.6 Å². The summed E-state index contributed by atoms with van der Waals surface area (Å²) in [5, 5.41) is 18.0. The Morgan fingerprint density at radius 3 is 2.07 bits per heavy atom. The predicted molar refractivity (Wildman–Crippen MR) is 48.2 cm³/mol. The molecule has 4 nitrogen and oxygen atoms in total. The van der Waals surface area contributed by atoms with Crippen LogP contribution in [0.5, 0.6) is 0 Å². The van der Waals surface area contributed by atoms with Crippen molar-refractivity contribution in [3.63, 3.8) is 0 Å². The second-order valence-electron chi connectivity index (χ2n) is 4.23. The predicted octanol–water partition coefficient (Wildman–Crippen LogP) is 1.18. The van der Waals surface area contributed by atoms with Gasteiger partial charge in [-0.25, -0.2) is 0 Å². The Kier molecular flexibility index (Phi) is 2.00. The van der Waals surface area contributed by atoms with Gasteiger partial charge in [-0.15, -0.1) is 11.6 Å². The number of alkyl halides is 1. The first kappa shape index (κ1) is 9.77. The zero-order chi connectivity index (χ0) is 10.5. The van der Waals surface area contributed by atoms with Gasteiger partial charge >= 0.3 is 11.9 Å². The SMILES string of the molecule is O=C(O)C1(C(=O)O)CC2CC1CC2Cl. The van der Waals surface area contributed by atoms with Crippen molar-refractivity contribution in [1.82, 2.24) is 0 Å². The molecule has 2 aliphatic rings. The number of carbonyl (C=O) groups is 2. The van der Waals surface area contributed by atoms with E-state index in [0.29, 0.717) is 12.8 Å². The average Bonchev–Trinajstić information content (AvgIpc) is 2.59. The summed E-state index contributed by atoms with van der Waals surface area (Å²) in [6.45, 7) is 0. The molecular weight excluding hydrogens is 208 g/mol. The molecule has 0 heterocycles. The quantitative estimate of drug-likeness (QED) is 0.539. The van der Waals surface area contributed by atoms with Gasteiger partial charge in [-0.3, -0.25) is 9.59 Å². The Hall–Kier alpha value is -0.770. The van der Waals surface area contributed by atoms with Crippen LogP contribution in [-0.4, -0.2) is 27.5 Å². The van der Waals surface area contributed by atoms with Crippen molar-refractivity contribution in [3.8, 4) is 0 Å². The Bertz CT molecular complexity index is 285. The van der Waals surface area contributed by atoms with E-state index in [0.717, 1.165) is 0 Å². The van der Waals surface area contributed by atoms with E-state index >= 15 is 0 Å². The molecule has 2 bridgehead atoms. The van der Waals surface area contributed by atoms with Gasteiger partial charge in [-0.2, -0.15) is 0 Å². The maximum absolute atomic E-state index is 11.0. The van der Waals surface area contributed by atoms with Gasteiger partial charge in [-0.1, -0.05) is 0 Å². The molecule has 78 valence electrons. The van der Waals surface area contributed by atoms with E-state index in [4.69, 9.17) is 21.8 Å². The van der Waals surface area contributed by atoms with Crippen LogP contribution in [0, 0.1) is 17.3 Å². The highest BCUT2D eigenvalue weighted by molar-refractivity contribution is 6.21. The van der Waals surface area contributed by atoms with Crippen LogP contribution in [0.1, 0.15) is 19.3 Å². The Balaban J connectivity index is 2.34. The molecule has 2 aliphatic carbocycles. The maximum Gasteiger partial charge on any atom is 0.321 e. The number of hydrogen-bond donors (Lipinski definition) is 2. The third-order valence-corrected chi connectivity index (χ3v) is 4.19. The number of aliphatic carboxylic acids is 2. The first-order valence-corrected chi connectivity index (χ1v) is 5.03. The van der Waals surface area contributed by atoms with Crippen molar-refractivity contribution in [2.75, 3.05) is 0 Å². The molecule has 0 saturated heterocycles. The first-order chi connectivity index (χ1) is 6.48. The summed E-state index contributed by atoms with van der Waals surface area (Å²) in [6.07, 6.45) is 1.36. The molecule has 2 fully saturated rings. The third kappa shape index (κ3) is 1.00. The highest BCUT2D eigenvalue weighted by Gasteiger charge is 2.63. The van der Waals surface area contributed by atoms with Crippen molar-refractivity contribution >= 4 is 23.5 Å². The minimum absolute atomic E-state index is 0.0353. The minimum atomic E-state index is -1.56. The number of carboxylic acids is 2. The fourth-order valence-corrected chi connectivity index (χ4v) is 3.29. The fraction of sp³-hybridized carbons (Fsp3) is 0.778. The van der Waals surface area contributed by atoms with Crippen LogP contribution in [0.25, 0.3) is 0 Å². The van der Waals surface area contributed by atoms with Gasteiger partial charge < -0.3 is 10.2 Å². The van der Waals surface area contributed by atoms with Crippen LogP contribution in [0.3, 0.4) is 0 Å². The Morgan fingerprint density at radius 1 is 1.21 bits per heavy atom. The molecule has 0 amide bonds. The highest BCUT2D eigenvalue weighted by Crippen LogP contribution is 2.57. The molecule has 0 spiro atoms. The molecule has 3 atom stereocenters. The van der Waals surface area contributed by atoms with Gasteiger partial charge in [0, 0.05) is 5.38 Å². The van der Waals surface area contributed by atoms with Crippen LogP contribution < -0.4 is 0 Å². The molecule has 0 aliphatic heterocycles. The van der Waals surface area contributed by atoms with Gasteiger partial charge in [0.2, 0.25) is 0 Å². The normalized spacial score (nSPS) is 38.5. The monoisotopic (exact) mass is 218 g/mol. The standard InChI is InChI=1S/C9H11ClO4/c10-6-2-5-1-4(6)3-9(5,7(11)12)8(13)14/h4-6H,1-3H2,(H,11,12)(H,13,14). The smallest absolute Gasteiger partial charge is 0.321 e. The van der Waals surface area contributed by atoms with Crippen LogP contribution in [-0.2, 0) is 9.59 Å². The summed E-state index contributed by atoms with van der Waals surface area (Å²) in [5.74, 6) is -2.64. The number of fused-ring (bicyclic) bond motifs is 2. The molecular formula is C9H11ClO4. The van der Waals surface area contributed by atoms with Gasteiger partial charge in [0.1, 0.15) is 0 Å². The molecule has 0 radical (unpaired) electrons. The van der Waals surface area contributed by atoms with E-state index in [-0.39, 0.29) is 23.6 Å². The zero-order valence-electron chi connectivity index (χ0n) is 7.44. The number of carboxylic acid groups (broad SMARTS) is 2. The lowest BCUT2D eigenvalue weighted by Crippen LogP contribution is -2.45. The molecule has 0 aromatic carbocycles. The lowest BCUT2D eigenvalue weighted by molar-refractivity contribution is -0.168. The molecule has 14 heavy (non-hydrogen) atoms. The minimum Gasteiger partial charge on any atom is -0.480 e. The summed E-state index contributed by atoms with van der Waals surface area (Å²) in [5.41, 5.74) is -1.56. The zero-order valence-corrected chi connectivity index (χ0v) is 8.20. The maximum atomic E-state index is 11.0.